The first-order valence-electron chi connectivity index (χ1n) is 11.0. The van der Waals surface area contributed by atoms with Gasteiger partial charge in [0.2, 0.25) is 11.8 Å². The summed E-state index contributed by atoms with van der Waals surface area (Å²) in [5.41, 5.74) is 6.76. The van der Waals surface area contributed by atoms with E-state index in [9.17, 15) is 19.7 Å². The Morgan fingerprint density at radius 1 is 0.971 bits per heavy atom. The van der Waals surface area contributed by atoms with Crippen molar-refractivity contribution in [1.29, 1.82) is 0 Å². The molecule has 2 N–H and O–H groups in total. The Bertz CT molecular complexity index is 1220. The Morgan fingerprint density at radius 2 is 1.66 bits per heavy atom. The van der Waals surface area contributed by atoms with Gasteiger partial charge in [-0.2, -0.15) is 5.10 Å². The van der Waals surface area contributed by atoms with Crippen molar-refractivity contribution >= 4 is 29.4 Å². The smallest absolute Gasteiger partial charge is 0.269 e. The Hall–Kier alpha value is -4.53. The van der Waals surface area contributed by atoms with Gasteiger partial charge in [-0.3, -0.25) is 19.7 Å². The van der Waals surface area contributed by atoms with Gasteiger partial charge in [-0.1, -0.05) is 12.1 Å². The summed E-state index contributed by atoms with van der Waals surface area (Å²) in [5.74, 6) is 0.0296. The number of hydrogen-bond donors (Lipinski definition) is 2. The number of nitrogens with one attached hydrogen (secondary N) is 2. The van der Waals surface area contributed by atoms with Crippen LogP contribution in [0, 0.1) is 24.0 Å². The molecule has 0 aromatic heterocycles. The third kappa shape index (κ3) is 8.08. The van der Waals surface area contributed by atoms with E-state index in [1.165, 1.54) is 18.3 Å². The zero-order valence-electron chi connectivity index (χ0n) is 19.5. The Morgan fingerprint density at radius 3 is 2.34 bits per heavy atom. The molecule has 9 heteroatoms. The van der Waals surface area contributed by atoms with Crippen LogP contribution in [0.4, 0.5) is 11.4 Å². The average Bonchev–Trinajstić information content (AvgIpc) is 2.85. The molecule has 180 valence electrons. The number of nitro groups is 1. The van der Waals surface area contributed by atoms with E-state index in [4.69, 9.17) is 4.74 Å². The maximum atomic E-state index is 12.1. The molecule has 2 amide bonds. The lowest BCUT2D eigenvalue weighted by molar-refractivity contribution is -0.384. The first kappa shape index (κ1) is 25.1. The van der Waals surface area contributed by atoms with Crippen LogP contribution < -0.4 is 15.5 Å². The Labute approximate surface area is 203 Å². The molecule has 0 saturated carbocycles. The van der Waals surface area contributed by atoms with Crippen LogP contribution in [0.3, 0.4) is 0 Å². The van der Waals surface area contributed by atoms with Crippen molar-refractivity contribution in [1.82, 2.24) is 5.43 Å². The molecule has 0 aliphatic carbocycles. The number of hydrazone groups is 1. The summed E-state index contributed by atoms with van der Waals surface area (Å²) in [6, 6.07) is 19.0. The molecule has 3 rings (SSSR count). The number of carbonyl (C=O) groups is 2. The number of amides is 2. The highest BCUT2D eigenvalue weighted by molar-refractivity contribution is 5.94. The van der Waals surface area contributed by atoms with Gasteiger partial charge < -0.3 is 10.1 Å². The summed E-state index contributed by atoms with van der Waals surface area (Å²) < 4.78 is 5.68. The Balaban J connectivity index is 1.39. The van der Waals surface area contributed by atoms with Crippen LogP contribution in [0.2, 0.25) is 0 Å². The minimum absolute atomic E-state index is 0.0173. The number of aryl methyl sites for hydroxylation is 2. The lowest BCUT2D eigenvalue weighted by atomic mass is 10.1. The van der Waals surface area contributed by atoms with Crippen LogP contribution in [0.15, 0.2) is 71.8 Å². The quantitative estimate of drug-likeness (QED) is 0.251. The number of hydrogen-bond acceptors (Lipinski definition) is 6. The number of nitrogens with zero attached hydrogens (tertiary/aromatic N) is 2. The van der Waals surface area contributed by atoms with Gasteiger partial charge in [0.25, 0.3) is 5.69 Å². The number of carbonyl (C=O) groups excluding carboxylic acids is 2. The van der Waals surface area contributed by atoms with Gasteiger partial charge >= 0.3 is 0 Å². The summed E-state index contributed by atoms with van der Waals surface area (Å²) in [5, 5.41) is 17.4. The van der Waals surface area contributed by atoms with Gasteiger partial charge in [-0.25, -0.2) is 5.43 Å². The van der Waals surface area contributed by atoms with E-state index in [2.05, 4.69) is 15.8 Å². The highest BCUT2D eigenvalue weighted by atomic mass is 16.6. The molecule has 0 aliphatic rings. The van der Waals surface area contributed by atoms with E-state index in [0.717, 1.165) is 27.9 Å². The summed E-state index contributed by atoms with van der Waals surface area (Å²) in [6.45, 7) is 4.13. The fourth-order valence-corrected chi connectivity index (χ4v) is 3.08. The molecule has 0 spiro atoms. The summed E-state index contributed by atoms with van der Waals surface area (Å²) >= 11 is 0. The van der Waals surface area contributed by atoms with Crippen molar-refractivity contribution in [3.8, 4) is 5.75 Å². The lowest BCUT2D eigenvalue weighted by Crippen LogP contribution is -2.20. The van der Waals surface area contributed by atoms with Crippen molar-refractivity contribution in [2.24, 2.45) is 5.10 Å². The molecular weight excluding hydrogens is 448 g/mol. The van der Waals surface area contributed by atoms with Crippen LogP contribution in [-0.2, 0) is 16.2 Å². The fraction of sp³-hybridized carbons (Fsp3) is 0.192. The number of ether oxygens (including phenoxy) is 1. The maximum Gasteiger partial charge on any atom is 0.269 e. The SMILES string of the molecule is Cc1ccc(C)c(NC(=O)CCC(=O)NN=Cc2ccc(OCc3ccc([N+](=O)[O-])cc3)cc2)c1. The second kappa shape index (κ2) is 12.1. The van der Waals surface area contributed by atoms with Crippen LogP contribution in [0.25, 0.3) is 0 Å². The molecule has 35 heavy (non-hydrogen) atoms. The second-order valence-electron chi connectivity index (χ2n) is 7.94. The molecule has 3 aromatic carbocycles. The predicted molar refractivity (Wildman–Crippen MR) is 133 cm³/mol. The minimum atomic E-state index is -0.447. The number of rotatable bonds is 10. The molecule has 0 unspecified atom stereocenters. The number of anilines is 1. The third-order valence-electron chi connectivity index (χ3n) is 5.08. The molecule has 0 heterocycles. The van der Waals surface area contributed by atoms with E-state index >= 15 is 0 Å². The first-order chi connectivity index (χ1) is 16.8. The first-order valence-corrected chi connectivity index (χ1v) is 11.0. The predicted octanol–water partition coefficient (Wildman–Crippen LogP) is 4.66. The topological polar surface area (TPSA) is 123 Å². The largest absolute Gasteiger partial charge is 0.489 e. The standard InChI is InChI=1S/C26H26N4O5/c1-18-3-4-19(2)24(15-18)28-25(31)13-14-26(32)29-27-16-20-7-11-23(12-8-20)35-17-21-5-9-22(10-6-21)30(33)34/h3-12,15-16H,13-14,17H2,1-2H3,(H,28,31)(H,29,32). The molecular formula is C26H26N4O5. The molecule has 0 bridgehead atoms. The van der Waals surface area contributed by atoms with Crippen molar-refractivity contribution in [3.05, 3.63) is 99.1 Å². The molecule has 9 nitrogen and oxygen atoms in total. The van der Waals surface area contributed by atoms with Gasteiger partial charge in [0.15, 0.2) is 0 Å². The van der Waals surface area contributed by atoms with Crippen molar-refractivity contribution < 1.29 is 19.2 Å². The lowest BCUT2D eigenvalue weighted by Gasteiger charge is -2.09. The van der Waals surface area contributed by atoms with Crippen molar-refractivity contribution in [2.75, 3.05) is 5.32 Å². The molecule has 0 fully saturated rings. The highest BCUT2D eigenvalue weighted by Gasteiger charge is 2.08. The van der Waals surface area contributed by atoms with Crippen LogP contribution in [0.5, 0.6) is 5.75 Å². The van der Waals surface area contributed by atoms with Gasteiger partial charge in [-0.05, 0) is 78.6 Å². The minimum Gasteiger partial charge on any atom is -0.489 e. The van der Waals surface area contributed by atoms with Gasteiger partial charge in [-0.15, -0.1) is 0 Å². The average molecular weight is 475 g/mol. The monoisotopic (exact) mass is 474 g/mol. The van der Waals surface area contributed by atoms with Crippen LogP contribution in [-0.4, -0.2) is 23.0 Å². The van der Waals surface area contributed by atoms with Crippen LogP contribution >= 0.6 is 0 Å². The number of benzene rings is 3. The zero-order chi connectivity index (χ0) is 25.2. The van der Waals surface area contributed by atoms with E-state index in [1.807, 2.05) is 32.0 Å². The van der Waals surface area contributed by atoms with Gasteiger partial charge in [0, 0.05) is 30.7 Å². The van der Waals surface area contributed by atoms with E-state index < -0.39 is 4.92 Å². The normalized spacial score (nSPS) is 10.7. The molecule has 0 saturated heterocycles. The molecule has 0 aliphatic heterocycles. The molecule has 0 atom stereocenters. The summed E-state index contributed by atoms with van der Waals surface area (Å²) in [7, 11) is 0. The van der Waals surface area contributed by atoms with Crippen molar-refractivity contribution in [2.45, 2.75) is 33.3 Å². The number of non-ortho nitro benzene ring substituents is 1. The molecule has 0 radical (unpaired) electrons. The van der Waals surface area contributed by atoms with Gasteiger partial charge in [0.1, 0.15) is 12.4 Å². The molecule has 3 aromatic rings. The van der Waals surface area contributed by atoms with Gasteiger partial charge in [0.05, 0.1) is 11.1 Å². The zero-order valence-corrected chi connectivity index (χ0v) is 19.5. The maximum absolute atomic E-state index is 12.1. The Kier molecular flexibility index (Phi) is 8.66. The van der Waals surface area contributed by atoms with E-state index in [0.29, 0.717) is 5.75 Å². The van der Waals surface area contributed by atoms with E-state index in [-0.39, 0.29) is 37.0 Å². The van der Waals surface area contributed by atoms with Crippen LogP contribution in [0.1, 0.15) is 35.1 Å². The summed E-state index contributed by atoms with van der Waals surface area (Å²) in [6.07, 6.45) is 1.56. The highest BCUT2D eigenvalue weighted by Crippen LogP contribution is 2.17. The fourth-order valence-electron chi connectivity index (χ4n) is 3.08. The third-order valence-corrected chi connectivity index (χ3v) is 5.08. The second-order valence-corrected chi connectivity index (χ2v) is 7.94. The van der Waals surface area contributed by atoms with E-state index in [1.54, 1.807) is 36.4 Å². The summed E-state index contributed by atoms with van der Waals surface area (Å²) in [4.78, 5) is 34.4. The number of nitro benzene ring substituents is 1. The van der Waals surface area contributed by atoms with Crippen molar-refractivity contribution in [3.63, 3.8) is 0 Å².